The molecular weight excluding hydrogens is 525 g/mol. The zero-order chi connectivity index (χ0) is 24.2. The van der Waals surface area contributed by atoms with Gasteiger partial charge in [0.2, 0.25) is 0 Å². The molecule has 10 heteroatoms. The highest BCUT2D eigenvalue weighted by atomic mass is 79.9. The van der Waals surface area contributed by atoms with E-state index in [1.807, 2.05) is 24.3 Å². The van der Waals surface area contributed by atoms with Gasteiger partial charge in [-0.25, -0.2) is 9.07 Å². The van der Waals surface area contributed by atoms with Crippen LogP contribution >= 0.6 is 27.5 Å². The van der Waals surface area contributed by atoms with E-state index in [1.54, 1.807) is 30.6 Å². The number of hydrogen-bond donors (Lipinski definition) is 1. The minimum Gasteiger partial charge on any atom is -0.471 e. The van der Waals surface area contributed by atoms with E-state index >= 15 is 0 Å². The standard InChI is InChI=1S/C24H22BrClFN5O2/c1-15(2)16-6-8-17(9-7-16)34-14-31-11-10-22(29-31)24(33)28-23-19(25)13-32(30-23)12-18-20(26)4-3-5-21(18)27/h3-11,13,15H,12,14H2,1-2H3,(H,28,30,33). The van der Waals surface area contributed by atoms with Gasteiger partial charge in [-0.15, -0.1) is 0 Å². The summed E-state index contributed by atoms with van der Waals surface area (Å²) in [5.41, 5.74) is 1.75. The molecule has 0 aliphatic carbocycles. The fraction of sp³-hybridized carbons (Fsp3) is 0.208. The van der Waals surface area contributed by atoms with Crippen LogP contribution in [0, 0.1) is 5.82 Å². The fourth-order valence-electron chi connectivity index (χ4n) is 3.22. The van der Waals surface area contributed by atoms with Gasteiger partial charge in [-0.1, -0.05) is 43.6 Å². The van der Waals surface area contributed by atoms with Crippen LogP contribution < -0.4 is 10.1 Å². The predicted molar refractivity (Wildman–Crippen MR) is 132 cm³/mol. The van der Waals surface area contributed by atoms with Gasteiger partial charge < -0.3 is 10.1 Å². The molecule has 0 bridgehead atoms. The van der Waals surface area contributed by atoms with Gasteiger partial charge in [0.15, 0.2) is 18.2 Å². The number of aromatic nitrogens is 4. The topological polar surface area (TPSA) is 74.0 Å². The molecule has 0 spiro atoms. The number of nitrogens with zero attached hydrogens (tertiary/aromatic N) is 4. The molecule has 176 valence electrons. The number of anilines is 1. The van der Waals surface area contributed by atoms with Crippen LogP contribution in [0.1, 0.15) is 41.4 Å². The van der Waals surface area contributed by atoms with Crippen LogP contribution in [0.3, 0.4) is 0 Å². The summed E-state index contributed by atoms with van der Waals surface area (Å²) in [5, 5.41) is 11.6. The zero-order valence-electron chi connectivity index (χ0n) is 18.5. The Labute approximate surface area is 209 Å². The average molecular weight is 547 g/mol. The van der Waals surface area contributed by atoms with Crippen LogP contribution in [0.4, 0.5) is 10.2 Å². The van der Waals surface area contributed by atoms with Crippen molar-refractivity contribution in [1.82, 2.24) is 19.6 Å². The largest absolute Gasteiger partial charge is 0.471 e. The van der Waals surface area contributed by atoms with Gasteiger partial charge in [0.1, 0.15) is 11.6 Å². The Morgan fingerprint density at radius 1 is 1.15 bits per heavy atom. The van der Waals surface area contributed by atoms with Crippen LogP contribution in [0.2, 0.25) is 5.02 Å². The molecule has 0 saturated carbocycles. The molecule has 0 unspecified atom stereocenters. The number of halogens is 3. The zero-order valence-corrected chi connectivity index (χ0v) is 20.8. The lowest BCUT2D eigenvalue weighted by Crippen LogP contribution is -2.15. The maximum absolute atomic E-state index is 14.1. The molecule has 4 rings (SSSR count). The Bertz CT molecular complexity index is 1280. The molecule has 1 amide bonds. The molecule has 0 aliphatic rings. The maximum atomic E-state index is 14.1. The molecule has 0 atom stereocenters. The predicted octanol–water partition coefficient (Wildman–Crippen LogP) is 6.10. The summed E-state index contributed by atoms with van der Waals surface area (Å²) in [6, 6.07) is 14.0. The molecule has 2 heterocycles. The van der Waals surface area contributed by atoms with Gasteiger partial charge in [-0.3, -0.25) is 9.48 Å². The lowest BCUT2D eigenvalue weighted by atomic mass is 10.0. The highest BCUT2D eigenvalue weighted by Gasteiger charge is 2.16. The molecule has 2 aromatic carbocycles. The van der Waals surface area contributed by atoms with Gasteiger partial charge in [0.05, 0.1) is 11.0 Å². The second-order valence-electron chi connectivity index (χ2n) is 7.92. The Morgan fingerprint density at radius 2 is 1.91 bits per heavy atom. The molecule has 7 nitrogen and oxygen atoms in total. The van der Waals surface area contributed by atoms with Crippen molar-refractivity contribution >= 4 is 39.3 Å². The van der Waals surface area contributed by atoms with Crippen molar-refractivity contribution in [2.75, 3.05) is 5.32 Å². The van der Waals surface area contributed by atoms with E-state index in [4.69, 9.17) is 16.3 Å². The van der Waals surface area contributed by atoms with Crippen molar-refractivity contribution in [3.05, 3.63) is 93.1 Å². The van der Waals surface area contributed by atoms with Gasteiger partial charge in [0, 0.05) is 23.0 Å². The van der Waals surface area contributed by atoms with Crippen LogP contribution in [0.15, 0.2) is 65.4 Å². The SMILES string of the molecule is CC(C)c1ccc(OCn2ccc(C(=O)Nc3nn(Cc4c(F)cccc4Cl)cc3Br)n2)cc1. The van der Waals surface area contributed by atoms with Crippen molar-refractivity contribution in [1.29, 1.82) is 0 Å². The lowest BCUT2D eigenvalue weighted by Gasteiger charge is -2.09. The van der Waals surface area contributed by atoms with E-state index in [9.17, 15) is 9.18 Å². The Hall–Kier alpha value is -3.17. The molecule has 0 aliphatic heterocycles. The Morgan fingerprint density at radius 3 is 2.62 bits per heavy atom. The number of carbonyl (C=O) groups excluding carboxylic acids is 1. The summed E-state index contributed by atoms with van der Waals surface area (Å²) in [6.07, 6.45) is 3.29. The summed E-state index contributed by atoms with van der Waals surface area (Å²) in [4.78, 5) is 12.7. The number of hydrogen-bond acceptors (Lipinski definition) is 4. The quantitative estimate of drug-likeness (QED) is 0.290. The molecule has 2 aromatic heterocycles. The molecule has 1 N–H and O–H groups in total. The van der Waals surface area contributed by atoms with Crippen molar-refractivity contribution in [3.8, 4) is 5.75 Å². The maximum Gasteiger partial charge on any atom is 0.277 e. The molecule has 0 fully saturated rings. The number of amides is 1. The molecule has 0 radical (unpaired) electrons. The van der Waals surface area contributed by atoms with Crippen molar-refractivity contribution in [2.24, 2.45) is 0 Å². The van der Waals surface area contributed by atoms with E-state index < -0.39 is 11.7 Å². The lowest BCUT2D eigenvalue weighted by molar-refractivity contribution is 0.101. The van der Waals surface area contributed by atoms with E-state index in [0.29, 0.717) is 21.0 Å². The minimum atomic E-state index is -0.435. The third-order valence-electron chi connectivity index (χ3n) is 5.11. The summed E-state index contributed by atoms with van der Waals surface area (Å²) in [5.74, 6) is 0.594. The fourth-order valence-corrected chi connectivity index (χ4v) is 3.86. The third-order valence-corrected chi connectivity index (χ3v) is 6.05. The first-order valence-corrected chi connectivity index (χ1v) is 11.7. The normalized spacial score (nSPS) is 11.1. The van der Waals surface area contributed by atoms with Crippen LogP contribution in [0.5, 0.6) is 5.75 Å². The van der Waals surface area contributed by atoms with Gasteiger partial charge in [0.25, 0.3) is 5.91 Å². The van der Waals surface area contributed by atoms with Gasteiger partial charge in [-0.2, -0.15) is 10.2 Å². The average Bonchev–Trinajstić information content (AvgIpc) is 3.42. The summed E-state index contributed by atoms with van der Waals surface area (Å²) < 4.78 is 23.4. The first kappa shape index (κ1) is 24.0. The highest BCUT2D eigenvalue weighted by molar-refractivity contribution is 9.10. The number of carbonyl (C=O) groups is 1. The van der Waals surface area contributed by atoms with E-state index in [0.717, 1.165) is 5.75 Å². The van der Waals surface area contributed by atoms with E-state index in [-0.39, 0.29) is 24.8 Å². The smallest absolute Gasteiger partial charge is 0.277 e. The van der Waals surface area contributed by atoms with E-state index in [1.165, 1.54) is 21.0 Å². The summed E-state index contributed by atoms with van der Waals surface area (Å²) in [7, 11) is 0. The van der Waals surface area contributed by atoms with Crippen LogP contribution in [0.25, 0.3) is 0 Å². The first-order valence-electron chi connectivity index (χ1n) is 10.5. The van der Waals surface area contributed by atoms with E-state index in [2.05, 4.69) is 45.3 Å². The molecule has 4 aromatic rings. The summed E-state index contributed by atoms with van der Waals surface area (Å²) >= 11 is 9.46. The van der Waals surface area contributed by atoms with Gasteiger partial charge in [-0.05, 0) is 57.7 Å². The van der Waals surface area contributed by atoms with Gasteiger partial charge >= 0.3 is 0 Å². The third kappa shape index (κ3) is 5.66. The monoisotopic (exact) mass is 545 g/mol. The van der Waals surface area contributed by atoms with Crippen molar-refractivity contribution in [2.45, 2.75) is 33.0 Å². The van der Waals surface area contributed by atoms with Crippen LogP contribution in [-0.4, -0.2) is 25.5 Å². The van der Waals surface area contributed by atoms with Crippen LogP contribution in [-0.2, 0) is 13.3 Å². The highest BCUT2D eigenvalue weighted by Crippen LogP contribution is 2.24. The van der Waals surface area contributed by atoms with Crippen molar-refractivity contribution < 1.29 is 13.9 Å². The Kier molecular flexibility index (Phi) is 7.33. The molecule has 0 saturated heterocycles. The Balaban J connectivity index is 1.37. The molecule has 34 heavy (non-hydrogen) atoms. The van der Waals surface area contributed by atoms with Crippen molar-refractivity contribution in [3.63, 3.8) is 0 Å². The molecular formula is C24H22BrClFN5O2. The number of ether oxygens (including phenoxy) is 1. The number of rotatable bonds is 8. The second-order valence-corrected chi connectivity index (χ2v) is 9.18. The number of benzene rings is 2. The first-order chi connectivity index (χ1) is 16.3. The minimum absolute atomic E-state index is 0.115. The second kappa shape index (κ2) is 10.4. The summed E-state index contributed by atoms with van der Waals surface area (Å²) in [6.45, 7) is 4.54. The number of nitrogens with one attached hydrogen (secondary N) is 1.